The van der Waals surface area contributed by atoms with E-state index in [9.17, 15) is 4.79 Å². The van der Waals surface area contributed by atoms with Crippen molar-refractivity contribution in [1.29, 1.82) is 0 Å². The number of fused-ring (bicyclic) bond motifs is 1. The summed E-state index contributed by atoms with van der Waals surface area (Å²) < 4.78 is 0. The maximum Gasteiger partial charge on any atom is 0.255 e. The van der Waals surface area contributed by atoms with Crippen molar-refractivity contribution >= 4 is 45.8 Å². The summed E-state index contributed by atoms with van der Waals surface area (Å²) in [5.74, 6) is 0.469. The molecule has 0 fully saturated rings. The van der Waals surface area contributed by atoms with Crippen molar-refractivity contribution in [2.75, 3.05) is 48.9 Å². The van der Waals surface area contributed by atoms with E-state index >= 15 is 0 Å². The number of rotatable bonds is 10. The fourth-order valence-corrected chi connectivity index (χ4v) is 4.07. The van der Waals surface area contributed by atoms with Crippen LogP contribution >= 0.6 is 0 Å². The third-order valence-electron chi connectivity index (χ3n) is 6.04. The lowest BCUT2D eigenvalue weighted by Crippen LogP contribution is -2.12. The first-order valence-electron chi connectivity index (χ1n) is 12.8. The number of carbonyl (C=O) groups excluding carboxylic acids is 1. The summed E-state index contributed by atoms with van der Waals surface area (Å²) in [7, 11) is 4.06. The number of aromatic amines is 1. The molecule has 0 aliphatic rings. The van der Waals surface area contributed by atoms with Crippen molar-refractivity contribution < 1.29 is 4.79 Å². The quantitative estimate of drug-likeness (QED) is 0.156. The third kappa shape index (κ3) is 6.80. The van der Waals surface area contributed by atoms with Crippen molar-refractivity contribution in [1.82, 2.24) is 24.8 Å². The zero-order valence-electron chi connectivity index (χ0n) is 22.3. The molecule has 5 rings (SSSR count). The lowest BCUT2D eigenvalue weighted by molar-refractivity contribution is 0.102. The number of likely N-dealkylation sites (N-methyl/N-ethyl adjacent to an activating group) is 1. The van der Waals surface area contributed by atoms with Gasteiger partial charge in [0.05, 0.1) is 5.69 Å². The van der Waals surface area contributed by atoms with Gasteiger partial charge in [-0.2, -0.15) is 4.98 Å². The minimum Gasteiger partial charge on any atom is -0.382 e. The lowest BCUT2D eigenvalue weighted by atomic mass is 10.1. The molecule has 2 aromatic carbocycles. The zero-order chi connectivity index (χ0) is 27.9. The predicted molar refractivity (Wildman–Crippen MR) is 162 cm³/mol. The molecule has 40 heavy (non-hydrogen) atoms. The molecule has 0 radical (unpaired) electrons. The number of hydrogen-bond donors (Lipinski definition) is 5. The largest absolute Gasteiger partial charge is 0.382 e. The molecular formula is C30H31N9O. The Hall–Kier alpha value is -5.22. The second-order valence-electron chi connectivity index (χ2n) is 9.49. The van der Waals surface area contributed by atoms with E-state index in [-0.39, 0.29) is 11.9 Å². The van der Waals surface area contributed by atoms with Gasteiger partial charge in [0.2, 0.25) is 5.95 Å². The van der Waals surface area contributed by atoms with E-state index < -0.39 is 0 Å². The SMILES string of the molecule is CN(C)C/C=C/CNc1ccc(C(=O)Nc2cccc(Nc3cc(-c4cnc5[nH]ccc5c4)nc(N)n3)c2)cc1. The highest BCUT2D eigenvalue weighted by atomic mass is 16.1. The Bertz CT molecular complexity index is 1640. The van der Waals surface area contributed by atoms with Crippen LogP contribution in [0.3, 0.4) is 0 Å². The van der Waals surface area contributed by atoms with E-state index in [0.717, 1.165) is 41.1 Å². The summed E-state index contributed by atoms with van der Waals surface area (Å²) in [5.41, 5.74) is 11.2. The average molecular weight is 534 g/mol. The van der Waals surface area contributed by atoms with E-state index in [0.29, 0.717) is 22.8 Å². The first kappa shape index (κ1) is 26.4. The number of nitrogens with zero attached hydrogens (tertiary/aromatic N) is 4. The normalized spacial score (nSPS) is 11.3. The number of pyridine rings is 1. The second-order valence-corrected chi connectivity index (χ2v) is 9.49. The molecule has 10 heteroatoms. The molecule has 0 bridgehead atoms. The van der Waals surface area contributed by atoms with Crippen LogP contribution < -0.4 is 21.7 Å². The van der Waals surface area contributed by atoms with E-state index in [4.69, 9.17) is 5.73 Å². The molecule has 3 heterocycles. The van der Waals surface area contributed by atoms with E-state index in [1.807, 2.05) is 74.9 Å². The van der Waals surface area contributed by atoms with Gasteiger partial charge in [0, 0.05) is 65.1 Å². The topological polar surface area (TPSA) is 137 Å². The molecule has 5 aromatic rings. The van der Waals surface area contributed by atoms with Gasteiger partial charge in [0.25, 0.3) is 5.91 Å². The maximum atomic E-state index is 12.9. The summed E-state index contributed by atoms with van der Waals surface area (Å²) in [4.78, 5) is 31.2. The van der Waals surface area contributed by atoms with Crippen LogP contribution in [0.4, 0.5) is 28.8 Å². The summed E-state index contributed by atoms with van der Waals surface area (Å²) in [6.07, 6.45) is 7.77. The minimum absolute atomic E-state index is 0.140. The second kappa shape index (κ2) is 12.1. The Labute approximate surface area is 232 Å². The molecular weight excluding hydrogens is 502 g/mol. The smallest absolute Gasteiger partial charge is 0.255 e. The highest BCUT2D eigenvalue weighted by Crippen LogP contribution is 2.26. The molecule has 0 saturated carbocycles. The summed E-state index contributed by atoms with van der Waals surface area (Å²) in [6, 6.07) is 20.5. The van der Waals surface area contributed by atoms with Gasteiger partial charge < -0.3 is 31.6 Å². The van der Waals surface area contributed by atoms with Crippen LogP contribution in [0.15, 0.2) is 91.3 Å². The standard InChI is InChI=1S/C30H31N9O/c1-39(2)15-4-3-13-32-23-10-8-20(9-11-23)29(40)36-25-7-5-6-24(17-25)35-27-18-26(37-30(31)38-27)22-16-21-12-14-33-28(21)34-19-22/h3-12,14,16-19,32H,13,15H2,1-2H3,(H,33,34)(H,36,40)(H3,31,35,37,38)/b4-3+. The Morgan fingerprint density at radius 1 is 0.975 bits per heavy atom. The number of nitrogens with two attached hydrogens (primary N) is 1. The first-order valence-corrected chi connectivity index (χ1v) is 12.8. The zero-order valence-corrected chi connectivity index (χ0v) is 22.3. The highest BCUT2D eigenvalue weighted by molar-refractivity contribution is 6.04. The molecule has 0 saturated heterocycles. The Kier molecular flexibility index (Phi) is 7.98. The highest BCUT2D eigenvalue weighted by Gasteiger charge is 2.10. The molecule has 0 unspecified atom stereocenters. The van der Waals surface area contributed by atoms with Crippen LogP contribution in [0.5, 0.6) is 0 Å². The molecule has 3 aromatic heterocycles. The lowest BCUT2D eigenvalue weighted by Gasteiger charge is -2.11. The minimum atomic E-state index is -0.198. The Balaban J connectivity index is 1.22. The molecule has 202 valence electrons. The summed E-state index contributed by atoms with van der Waals surface area (Å²) in [5, 5.41) is 10.5. The summed E-state index contributed by atoms with van der Waals surface area (Å²) in [6.45, 7) is 1.62. The van der Waals surface area contributed by atoms with Crippen molar-refractivity contribution in [3.05, 3.63) is 96.8 Å². The van der Waals surface area contributed by atoms with Gasteiger partial charge in [-0.05, 0) is 68.7 Å². The molecule has 0 aliphatic heterocycles. The number of benzene rings is 2. The maximum absolute atomic E-state index is 12.9. The fourth-order valence-electron chi connectivity index (χ4n) is 4.07. The van der Waals surface area contributed by atoms with Gasteiger partial charge in [-0.1, -0.05) is 18.2 Å². The molecule has 6 N–H and O–H groups in total. The number of carbonyl (C=O) groups is 1. The van der Waals surface area contributed by atoms with Crippen LogP contribution in [-0.4, -0.2) is 57.9 Å². The first-order chi connectivity index (χ1) is 19.4. The number of anilines is 5. The number of H-pyrrole nitrogens is 1. The van der Waals surface area contributed by atoms with Crippen LogP contribution in [0, 0.1) is 0 Å². The van der Waals surface area contributed by atoms with E-state index in [1.54, 1.807) is 18.3 Å². The third-order valence-corrected chi connectivity index (χ3v) is 6.04. The van der Waals surface area contributed by atoms with Gasteiger partial charge in [-0.15, -0.1) is 0 Å². The number of nitrogens with one attached hydrogen (secondary N) is 4. The number of amides is 1. The van der Waals surface area contributed by atoms with Crippen LogP contribution in [0.1, 0.15) is 10.4 Å². The van der Waals surface area contributed by atoms with Crippen LogP contribution in [0.25, 0.3) is 22.3 Å². The van der Waals surface area contributed by atoms with Gasteiger partial charge >= 0.3 is 0 Å². The van der Waals surface area contributed by atoms with Gasteiger partial charge in [0.15, 0.2) is 0 Å². The van der Waals surface area contributed by atoms with Crippen LogP contribution in [0.2, 0.25) is 0 Å². The van der Waals surface area contributed by atoms with Gasteiger partial charge in [-0.25, -0.2) is 9.97 Å². The summed E-state index contributed by atoms with van der Waals surface area (Å²) >= 11 is 0. The van der Waals surface area contributed by atoms with Crippen molar-refractivity contribution in [3.63, 3.8) is 0 Å². The van der Waals surface area contributed by atoms with E-state index in [1.165, 1.54) is 0 Å². The predicted octanol–water partition coefficient (Wildman–Crippen LogP) is 5.13. The Morgan fingerprint density at radius 3 is 2.62 bits per heavy atom. The molecule has 10 nitrogen and oxygen atoms in total. The van der Waals surface area contributed by atoms with Crippen molar-refractivity contribution in [2.24, 2.45) is 0 Å². The monoisotopic (exact) mass is 533 g/mol. The van der Waals surface area contributed by atoms with Gasteiger partial charge in [0.1, 0.15) is 11.5 Å². The Morgan fingerprint density at radius 2 is 1.80 bits per heavy atom. The van der Waals surface area contributed by atoms with Crippen LogP contribution in [-0.2, 0) is 0 Å². The van der Waals surface area contributed by atoms with Gasteiger partial charge in [-0.3, -0.25) is 4.79 Å². The van der Waals surface area contributed by atoms with E-state index in [2.05, 4.69) is 52.9 Å². The molecule has 0 spiro atoms. The fraction of sp³-hybridized carbons (Fsp3) is 0.133. The molecule has 0 atom stereocenters. The average Bonchev–Trinajstić information content (AvgIpc) is 3.41. The molecule has 0 aliphatic carbocycles. The number of nitrogen functional groups attached to an aromatic ring is 1. The van der Waals surface area contributed by atoms with Crippen molar-refractivity contribution in [2.45, 2.75) is 0 Å². The molecule has 1 amide bonds. The number of hydrogen-bond acceptors (Lipinski definition) is 8. The number of aromatic nitrogens is 4. The van der Waals surface area contributed by atoms with Crippen molar-refractivity contribution in [3.8, 4) is 11.3 Å².